The predicted molar refractivity (Wildman–Crippen MR) is 75.9 cm³/mol. The molecule has 2 nitrogen and oxygen atoms in total. The van der Waals surface area contributed by atoms with E-state index in [0.29, 0.717) is 0 Å². The molecule has 0 amide bonds. The van der Waals surface area contributed by atoms with Crippen molar-refractivity contribution in [2.75, 3.05) is 13.7 Å². The summed E-state index contributed by atoms with van der Waals surface area (Å²) in [6, 6.07) is 6.37. The molecule has 1 aliphatic carbocycles. The number of ether oxygens (including phenoxy) is 1. The van der Waals surface area contributed by atoms with Crippen molar-refractivity contribution < 1.29 is 4.74 Å². The van der Waals surface area contributed by atoms with Crippen LogP contribution in [0.5, 0.6) is 5.75 Å². The lowest BCUT2D eigenvalue weighted by Crippen LogP contribution is -2.24. The predicted octanol–water partition coefficient (Wildman–Crippen LogP) is 3.53. The average molecular weight is 247 g/mol. The zero-order valence-electron chi connectivity index (χ0n) is 11.8. The number of nitrogens with one attached hydrogen (secondary N) is 1. The fourth-order valence-corrected chi connectivity index (χ4v) is 2.96. The minimum absolute atomic E-state index is 0.862. The van der Waals surface area contributed by atoms with Gasteiger partial charge in [-0.05, 0) is 37.8 Å². The molecule has 1 fully saturated rings. The lowest BCUT2D eigenvalue weighted by molar-refractivity contribution is 0.384. The Kier molecular flexibility index (Phi) is 4.65. The first kappa shape index (κ1) is 13.4. The first-order valence-electron chi connectivity index (χ1n) is 7.05. The van der Waals surface area contributed by atoms with E-state index >= 15 is 0 Å². The third kappa shape index (κ3) is 3.26. The minimum Gasteiger partial charge on any atom is -0.496 e. The van der Waals surface area contributed by atoms with E-state index in [1.807, 2.05) is 0 Å². The quantitative estimate of drug-likeness (QED) is 0.859. The highest BCUT2D eigenvalue weighted by Gasteiger charge is 2.22. The largest absolute Gasteiger partial charge is 0.496 e. The number of hydrogen-bond donors (Lipinski definition) is 1. The smallest absolute Gasteiger partial charge is 0.123 e. The van der Waals surface area contributed by atoms with Crippen LogP contribution in [0, 0.1) is 18.8 Å². The first-order valence-corrected chi connectivity index (χ1v) is 7.05. The average Bonchev–Trinajstić information content (AvgIpc) is 2.76. The van der Waals surface area contributed by atoms with Gasteiger partial charge in [-0.3, -0.25) is 0 Å². The van der Waals surface area contributed by atoms with Gasteiger partial charge < -0.3 is 10.1 Å². The molecule has 2 heteroatoms. The van der Waals surface area contributed by atoms with Crippen molar-refractivity contribution >= 4 is 0 Å². The number of aryl methyl sites for hydroxylation is 1. The van der Waals surface area contributed by atoms with Gasteiger partial charge in [0.15, 0.2) is 0 Å². The molecule has 18 heavy (non-hydrogen) atoms. The van der Waals surface area contributed by atoms with Crippen molar-refractivity contribution in [2.45, 2.75) is 39.7 Å². The van der Waals surface area contributed by atoms with Gasteiger partial charge in [0.25, 0.3) is 0 Å². The SMILES string of the molecule is COc1ccc(C)cc1CNCC1CCCC1C. The summed E-state index contributed by atoms with van der Waals surface area (Å²) in [5.74, 6) is 2.74. The lowest BCUT2D eigenvalue weighted by Gasteiger charge is -2.17. The van der Waals surface area contributed by atoms with Crippen LogP contribution in [0.4, 0.5) is 0 Å². The Morgan fingerprint density at radius 3 is 2.83 bits per heavy atom. The van der Waals surface area contributed by atoms with Gasteiger partial charge in [0, 0.05) is 12.1 Å². The highest BCUT2D eigenvalue weighted by molar-refractivity contribution is 5.36. The van der Waals surface area contributed by atoms with Crippen LogP contribution in [0.3, 0.4) is 0 Å². The molecule has 1 N–H and O–H groups in total. The molecule has 1 aromatic carbocycles. The molecule has 0 radical (unpaired) electrons. The van der Waals surface area contributed by atoms with E-state index in [1.165, 1.54) is 30.4 Å². The summed E-state index contributed by atoms with van der Waals surface area (Å²) in [6.07, 6.45) is 4.19. The van der Waals surface area contributed by atoms with E-state index in [1.54, 1.807) is 7.11 Å². The van der Waals surface area contributed by atoms with Gasteiger partial charge in [-0.1, -0.05) is 37.5 Å². The van der Waals surface area contributed by atoms with E-state index < -0.39 is 0 Å². The van der Waals surface area contributed by atoms with Crippen LogP contribution in [0.25, 0.3) is 0 Å². The van der Waals surface area contributed by atoms with Gasteiger partial charge in [0.1, 0.15) is 5.75 Å². The fraction of sp³-hybridized carbons (Fsp3) is 0.625. The van der Waals surface area contributed by atoms with Crippen LogP contribution < -0.4 is 10.1 Å². The van der Waals surface area contributed by atoms with Crippen molar-refractivity contribution in [2.24, 2.45) is 11.8 Å². The second kappa shape index (κ2) is 6.24. The summed E-state index contributed by atoms with van der Waals surface area (Å²) < 4.78 is 5.40. The Morgan fingerprint density at radius 1 is 1.33 bits per heavy atom. The van der Waals surface area contributed by atoms with Crippen LogP contribution in [0.2, 0.25) is 0 Å². The van der Waals surface area contributed by atoms with Crippen LogP contribution in [-0.4, -0.2) is 13.7 Å². The van der Waals surface area contributed by atoms with Gasteiger partial charge in [-0.15, -0.1) is 0 Å². The molecular weight excluding hydrogens is 222 g/mol. The highest BCUT2D eigenvalue weighted by atomic mass is 16.5. The Balaban J connectivity index is 1.87. The zero-order valence-corrected chi connectivity index (χ0v) is 11.8. The van der Waals surface area contributed by atoms with Gasteiger partial charge in [-0.2, -0.15) is 0 Å². The maximum atomic E-state index is 5.40. The van der Waals surface area contributed by atoms with E-state index in [0.717, 1.165) is 30.7 Å². The zero-order chi connectivity index (χ0) is 13.0. The third-order valence-corrected chi connectivity index (χ3v) is 4.20. The number of methoxy groups -OCH3 is 1. The van der Waals surface area contributed by atoms with Crippen LogP contribution in [-0.2, 0) is 6.54 Å². The maximum Gasteiger partial charge on any atom is 0.123 e. The number of hydrogen-bond acceptors (Lipinski definition) is 2. The van der Waals surface area contributed by atoms with Gasteiger partial charge in [0.2, 0.25) is 0 Å². The minimum atomic E-state index is 0.862. The van der Waals surface area contributed by atoms with Crippen molar-refractivity contribution in [1.82, 2.24) is 5.32 Å². The monoisotopic (exact) mass is 247 g/mol. The molecule has 1 aliphatic rings. The Bertz CT molecular complexity index is 389. The first-order chi connectivity index (χ1) is 8.70. The van der Waals surface area contributed by atoms with Crippen molar-refractivity contribution in [3.8, 4) is 5.75 Å². The normalized spacial score (nSPS) is 23.3. The van der Waals surface area contributed by atoms with E-state index in [-0.39, 0.29) is 0 Å². The molecule has 0 aromatic heterocycles. The van der Waals surface area contributed by atoms with Crippen LogP contribution in [0.15, 0.2) is 18.2 Å². The second-order valence-corrected chi connectivity index (χ2v) is 5.61. The molecule has 0 aliphatic heterocycles. The molecule has 1 aromatic rings. The molecule has 0 spiro atoms. The second-order valence-electron chi connectivity index (χ2n) is 5.61. The van der Waals surface area contributed by atoms with Gasteiger partial charge in [-0.25, -0.2) is 0 Å². The molecule has 1 saturated carbocycles. The van der Waals surface area contributed by atoms with E-state index in [4.69, 9.17) is 4.74 Å². The molecule has 0 heterocycles. The fourth-order valence-electron chi connectivity index (χ4n) is 2.96. The Morgan fingerprint density at radius 2 is 2.17 bits per heavy atom. The molecule has 2 rings (SSSR count). The molecule has 0 saturated heterocycles. The van der Waals surface area contributed by atoms with Gasteiger partial charge in [0.05, 0.1) is 7.11 Å². The summed E-state index contributed by atoms with van der Waals surface area (Å²) in [6.45, 7) is 6.56. The van der Waals surface area contributed by atoms with E-state index in [2.05, 4.69) is 37.4 Å². The van der Waals surface area contributed by atoms with E-state index in [9.17, 15) is 0 Å². The highest BCUT2D eigenvalue weighted by Crippen LogP contribution is 2.30. The van der Waals surface area contributed by atoms with Crippen molar-refractivity contribution in [3.63, 3.8) is 0 Å². The Hall–Kier alpha value is -1.02. The number of benzene rings is 1. The topological polar surface area (TPSA) is 21.3 Å². The summed E-state index contributed by atoms with van der Waals surface area (Å²) in [7, 11) is 1.74. The molecular formula is C16H25NO. The third-order valence-electron chi connectivity index (χ3n) is 4.20. The van der Waals surface area contributed by atoms with Crippen molar-refractivity contribution in [3.05, 3.63) is 29.3 Å². The van der Waals surface area contributed by atoms with Crippen LogP contribution >= 0.6 is 0 Å². The van der Waals surface area contributed by atoms with Crippen molar-refractivity contribution in [1.29, 1.82) is 0 Å². The molecule has 2 unspecified atom stereocenters. The Labute approximate surface area is 111 Å². The molecule has 100 valence electrons. The lowest BCUT2D eigenvalue weighted by atomic mass is 9.98. The standard InChI is InChI=1S/C16H25NO/c1-12-7-8-16(18-3)15(9-12)11-17-10-14-6-4-5-13(14)2/h7-9,13-14,17H,4-6,10-11H2,1-3H3. The molecule has 0 bridgehead atoms. The van der Waals surface area contributed by atoms with Crippen LogP contribution in [0.1, 0.15) is 37.3 Å². The maximum absolute atomic E-state index is 5.40. The summed E-state index contributed by atoms with van der Waals surface area (Å²) in [4.78, 5) is 0. The summed E-state index contributed by atoms with van der Waals surface area (Å²) in [5, 5.41) is 3.60. The van der Waals surface area contributed by atoms with Gasteiger partial charge >= 0.3 is 0 Å². The summed E-state index contributed by atoms with van der Waals surface area (Å²) in [5.41, 5.74) is 2.56. The number of rotatable bonds is 5. The molecule has 2 atom stereocenters. The summed E-state index contributed by atoms with van der Waals surface area (Å²) >= 11 is 0.